The van der Waals surface area contributed by atoms with Gasteiger partial charge in [-0.3, -0.25) is 4.79 Å². The largest absolute Gasteiger partial charge is 0.467 e. The Labute approximate surface area is 258 Å². The number of nitrogens with zero attached hydrogens (tertiary/aromatic N) is 2. The van der Waals surface area contributed by atoms with Gasteiger partial charge in [0.1, 0.15) is 5.54 Å². The van der Waals surface area contributed by atoms with Crippen molar-refractivity contribution in [3.8, 4) is 0 Å². The molecule has 4 atom stereocenters. The third-order valence-electron chi connectivity index (χ3n) is 8.93. The van der Waals surface area contributed by atoms with Crippen LogP contribution in [0, 0.1) is 11.8 Å². The predicted octanol–water partition coefficient (Wildman–Crippen LogP) is 6.88. The second kappa shape index (κ2) is 12.7. The van der Waals surface area contributed by atoms with Crippen molar-refractivity contribution in [3.05, 3.63) is 162 Å². The molecule has 1 heterocycles. The second-order valence-electron chi connectivity index (χ2n) is 11.4. The minimum atomic E-state index is -0.845. The lowest BCUT2D eigenvalue weighted by molar-refractivity contribution is -0.146. The molecule has 0 bridgehead atoms. The van der Waals surface area contributed by atoms with Gasteiger partial charge in [0.25, 0.3) is 0 Å². The van der Waals surface area contributed by atoms with E-state index in [1.807, 2.05) is 61.8 Å². The first-order chi connectivity index (χ1) is 21.6. The van der Waals surface area contributed by atoms with Crippen LogP contribution in [0.25, 0.3) is 0 Å². The van der Waals surface area contributed by atoms with Gasteiger partial charge in [-0.1, -0.05) is 128 Å². The standard InChI is InChI=1S/C38H37N3O3/c1-3-31(36(42)40-35(37(43)44-2)27-16-8-4-9-17-27)32-24-33(32)34-25-41(26-39-34)38(28-18-10-5-11-19-28,29-20-12-6-13-21-29)30-22-14-7-15-23-30/h4-23,25-26,31-33,35H,3,24H2,1-2H3,(H,40,42)/t31-,32-,33+,35-/m1/s1. The van der Waals surface area contributed by atoms with Crippen molar-refractivity contribution < 1.29 is 14.3 Å². The Balaban J connectivity index is 1.32. The lowest BCUT2D eigenvalue weighted by atomic mass is 9.77. The number of ether oxygens (including phenoxy) is 1. The van der Waals surface area contributed by atoms with Crippen LogP contribution in [0.15, 0.2) is 134 Å². The molecule has 1 aliphatic rings. The summed E-state index contributed by atoms with van der Waals surface area (Å²) in [5, 5.41) is 2.98. The van der Waals surface area contributed by atoms with Crippen LogP contribution in [0.2, 0.25) is 0 Å². The number of imidazole rings is 1. The van der Waals surface area contributed by atoms with E-state index in [9.17, 15) is 9.59 Å². The molecule has 4 aromatic carbocycles. The fraction of sp³-hybridized carbons (Fsp3) is 0.237. The van der Waals surface area contributed by atoms with Gasteiger partial charge in [-0.15, -0.1) is 0 Å². The fourth-order valence-corrected chi connectivity index (χ4v) is 6.67. The smallest absolute Gasteiger partial charge is 0.333 e. The van der Waals surface area contributed by atoms with Crippen LogP contribution in [0.4, 0.5) is 0 Å². The molecule has 0 spiro atoms. The van der Waals surface area contributed by atoms with Crippen molar-refractivity contribution in [1.29, 1.82) is 0 Å². The van der Waals surface area contributed by atoms with E-state index in [4.69, 9.17) is 9.72 Å². The maximum atomic E-state index is 13.6. The first kappa shape index (κ1) is 29.1. The number of esters is 1. The molecule has 1 fully saturated rings. The molecule has 1 aliphatic carbocycles. The highest BCUT2D eigenvalue weighted by molar-refractivity contribution is 5.87. The lowest BCUT2D eigenvalue weighted by Crippen LogP contribution is -2.39. The van der Waals surface area contributed by atoms with Crippen molar-refractivity contribution >= 4 is 11.9 Å². The highest BCUT2D eigenvalue weighted by Gasteiger charge is 2.48. The summed E-state index contributed by atoms with van der Waals surface area (Å²) in [6, 6.07) is 40.0. The van der Waals surface area contributed by atoms with Gasteiger partial charge in [0.15, 0.2) is 6.04 Å². The molecular formula is C38H37N3O3. The Morgan fingerprint density at radius 3 is 1.82 bits per heavy atom. The van der Waals surface area contributed by atoms with Crippen LogP contribution in [-0.4, -0.2) is 28.5 Å². The average Bonchev–Trinajstić information content (AvgIpc) is 3.71. The van der Waals surface area contributed by atoms with Crippen molar-refractivity contribution in [2.45, 2.75) is 37.3 Å². The lowest BCUT2D eigenvalue weighted by Gasteiger charge is -2.37. The maximum Gasteiger partial charge on any atom is 0.333 e. The first-order valence-corrected chi connectivity index (χ1v) is 15.2. The molecule has 5 aromatic rings. The Bertz CT molecular complexity index is 1590. The first-order valence-electron chi connectivity index (χ1n) is 15.2. The van der Waals surface area contributed by atoms with E-state index in [-0.39, 0.29) is 23.7 Å². The monoisotopic (exact) mass is 583 g/mol. The molecule has 1 aromatic heterocycles. The van der Waals surface area contributed by atoms with E-state index in [0.29, 0.717) is 12.0 Å². The summed E-state index contributed by atoms with van der Waals surface area (Å²) in [5.74, 6) is -0.573. The molecule has 44 heavy (non-hydrogen) atoms. The topological polar surface area (TPSA) is 73.2 Å². The predicted molar refractivity (Wildman–Crippen MR) is 171 cm³/mol. The maximum absolute atomic E-state index is 13.6. The van der Waals surface area contributed by atoms with Crippen molar-refractivity contribution in [2.75, 3.05) is 7.11 Å². The zero-order valence-corrected chi connectivity index (χ0v) is 25.0. The molecule has 6 rings (SSSR count). The number of nitrogens with one attached hydrogen (secondary N) is 1. The number of amides is 1. The van der Waals surface area contributed by atoms with E-state index >= 15 is 0 Å². The number of hydrogen-bond donors (Lipinski definition) is 1. The van der Waals surface area contributed by atoms with Crippen LogP contribution < -0.4 is 5.32 Å². The molecular weight excluding hydrogens is 546 g/mol. The Kier molecular flexibility index (Phi) is 8.42. The normalized spacial score (nSPS) is 17.3. The number of rotatable bonds is 11. The Morgan fingerprint density at radius 2 is 1.34 bits per heavy atom. The molecule has 6 nitrogen and oxygen atoms in total. The summed E-state index contributed by atoms with van der Waals surface area (Å²) in [5.41, 5.74) is 4.44. The second-order valence-corrected chi connectivity index (χ2v) is 11.4. The number of methoxy groups -OCH3 is 1. The summed E-state index contributed by atoms with van der Waals surface area (Å²) in [7, 11) is 1.34. The van der Waals surface area contributed by atoms with Crippen LogP contribution in [0.1, 0.15) is 59.7 Å². The minimum Gasteiger partial charge on any atom is -0.467 e. The quantitative estimate of drug-likeness (QED) is 0.136. The number of aromatic nitrogens is 2. The molecule has 0 radical (unpaired) electrons. The summed E-state index contributed by atoms with van der Waals surface area (Å²) in [4.78, 5) is 31.2. The van der Waals surface area contributed by atoms with Gasteiger partial charge >= 0.3 is 5.97 Å². The van der Waals surface area contributed by atoms with Gasteiger partial charge in [0.2, 0.25) is 5.91 Å². The Hall–Kier alpha value is -4.97. The van der Waals surface area contributed by atoms with Crippen LogP contribution in [0.5, 0.6) is 0 Å². The van der Waals surface area contributed by atoms with Gasteiger partial charge in [-0.2, -0.15) is 0 Å². The van der Waals surface area contributed by atoms with Gasteiger partial charge in [0, 0.05) is 18.0 Å². The van der Waals surface area contributed by atoms with E-state index in [1.54, 1.807) is 0 Å². The van der Waals surface area contributed by atoms with Gasteiger partial charge < -0.3 is 14.6 Å². The van der Waals surface area contributed by atoms with Gasteiger partial charge in [-0.25, -0.2) is 9.78 Å². The van der Waals surface area contributed by atoms with Crippen molar-refractivity contribution in [1.82, 2.24) is 14.9 Å². The van der Waals surface area contributed by atoms with E-state index < -0.39 is 17.6 Å². The zero-order chi connectivity index (χ0) is 30.5. The van der Waals surface area contributed by atoms with Gasteiger partial charge in [0.05, 0.1) is 19.1 Å². The number of hydrogen-bond acceptors (Lipinski definition) is 4. The molecule has 1 amide bonds. The number of carbonyl (C=O) groups excluding carboxylic acids is 2. The molecule has 1 N–H and O–H groups in total. The van der Waals surface area contributed by atoms with Gasteiger partial charge in [-0.05, 0) is 41.0 Å². The highest BCUT2D eigenvalue weighted by atomic mass is 16.5. The fourth-order valence-electron chi connectivity index (χ4n) is 6.67. The summed E-state index contributed by atoms with van der Waals surface area (Å²) < 4.78 is 7.25. The summed E-state index contributed by atoms with van der Waals surface area (Å²) in [6.45, 7) is 2.03. The van der Waals surface area contributed by atoms with Crippen molar-refractivity contribution in [2.24, 2.45) is 11.8 Å². The van der Waals surface area contributed by atoms with Crippen LogP contribution >= 0.6 is 0 Å². The average molecular weight is 584 g/mol. The minimum absolute atomic E-state index is 0.133. The van der Waals surface area contributed by atoms with Crippen LogP contribution in [0.3, 0.4) is 0 Å². The number of carbonyl (C=O) groups is 2. The van der Waals surface area contributed by atoms with E-state index in [1.165, 1.54) is 7.11 Å². The summed E-state index contributed by atoms with van der Waals surface area (Å²) in [6.07, 6.45) is 5.62. The number of benzene rings is 4. The molecule has 0 aliphatic heterocycles. The van der Waals surface area contributed by atoms with Crippen LogP contribution in [-0.2, 0) is 19.9 Å². The zero-order valence-electron chi connectivity index (χ0n) is 25.0. The molecule has 0 unspecified atom stereocenters. The highest BCUT2D eigenvalue weighted by Crippen LogP contribution is 2.53. The molecule has 222 valence electrons. The SMILES string of the molecule is CC[C@@H](C(=O)N[C@@H](C(=O)OC)c1ccccc1)[C@H]1C[C@@H]1c1cn(C(c2ccccc2)(c2ccccc2)c2ccccc2)cn1. The molecule has 6 heteroatoms. The van der Waals surface area contributed by atoms with E-state index in [0.717, 1.165) is 28.8 Å². The summed E-state index contributed by atoms with van der Waals surface area (Å²) >= 11 is 0. The van der Waals surface area contributed by atoms with Crippen molar-refractivity contribution in [3.63, 3.8) is 0 Å². The Morgan fingerprint density at radius 1 is 0.841 bits per heavy atom. The molecule has 1 saturated carbocycles. The molecule has 0 saturated heterocycles. The van der Waals surface area contributed by atoms with E-state index in [2.05, 4.69) is 88.9 Å². The third-order valence-corrected chi connectivity index (χ3v) is 8.93. The third kappa shape index (κ3) is 5.44.